The fourth-order valence-corrected chi connectivity index (χ4v) is 3.15. The molecular formula is C20H21N3O3S. The van der Waals surface area contributed by atoms with E-state index in [1.54, 1.807) is 12.4 Å². The predicted octanol–water partition coefficient (Wildman–Crippen LogP) is 4.40. The summed E-state index contributed by atoms with van der Waals surface area (Å²) in [5.74, 6) is 1.33. The Hall–Kier alpha value is -2.93. The van der Waals surface area contributed by atoms with E-state index in [0.29, 0.717) is 36.9 Å². The molecule has 0 atom stereocenters. The zero-order valence-corrected chi connectivity index (χ0v) is 15.9. The minimum Gasteiger partial charge on any atom is -0.490 e. The Labute approximate surface area is 162 Å². The van der Waals surface area contributed by atoms with E-state index in [1.165, 1.54) is 11.3 Å². The van der Waals surface area contributed by atoms with E-state index < -0.39 is 0 Å². The molecule has 0 saturated heterocycles. The predicted molar refractivity (Wildman–Crippen MR) is 106 cm³/mol. The molecule has 0 saturated carbocycles. The number of aromatic nitrogens is 2. The SMILES string of the molecule is CCOc1ccccc1OCCCC(=O)Nc1nc(-c2cccnc2)cs1. The fraction of sp³-hybridized carbons (Fsp3) is 0.250. The molecule has 0 radical (unpaired) electrons. The molecule has 1 N–H and O–H groups in total. The summed E-state index contributed by atoms with van der Waals surface area (Å²) >= 11 is 1.40. The summed E-state index contributed by atoms with van der Waals surface area (Å²) in [6.07, 6.45) is 4.43. The van der Waals surface area contributed by atoms with Crippen LogP contribution in [0.2, 0.25) is 0 Å². The van der Waals surface area contributed by atoms with Crippen LogP contribution in [0, 0.1) is 0 Å². The van der Waals surface area contributed by atoms with Crippen LogP contribution in [0.4, 0.5) is 5.13 Å². The van der Waals surface area contributed by atoms with Crippen LogP contribution in [0.3, 0.4) is 0 Å². The molecule has 1 aromatic carbocycles. The van der Waals surface area contributed by atoms with Crippen LogP contribution in [0.25, 0.3) is 11.3 Å². The van der Waals surface area contributed by atoms with Gasteiger partial charge in [0.1, 0.15) is 0 Å². The number of pyridine rings is 1. The third-order valence-corrected chi connectivity index (χ3v) is 4.42. The van der Waals surface area contributed by atoms with E-state index in [2.05, 4.69) is 15.3 Å². The van der Waals surface area contributed by atoms with Crippen LogP contribution in [0.1, 0.15) is 19.8 Å². The van der Waals surface area contributed by atoms with Crippen molar-refractivity contribution in [2.75, 3.05) is 18.5 Å². The van der Waals surface area contributed by atoms with Gasteiger partial charge in [-0.05, 0) is 37.6 Å². The Morgan fingerprint density at radius 3 is 2.70 bits per heavy atom. The van der Waals surface area contributed by atoms with Crippen molar-refractivity contribution in [2.24, 2.45) is 0 Å². The first-order chi connectivity index (χ1) is 13.3. The summed E-state index contributed by atoms with van der Waals surface area (Å²) in [4.78, 5) is 20.6. The number of rotatable bonds is 9. The lowest BCUT2D eigenvalue weighted by Gasteiger charge is -2.11. The van der Waals surface area contributed by atoms with E-state index in [9.17, 15) is 4.79 Å². The average Bonchev–Trinajstić information content (AvgIpc) is 3.16. The summed E-state index contributed by atoms with van der Waals surface area (Å²) in [6, 6.07) is 11.3. The van der Waals surface area contributed by atoms with Crippen molar-refractivity contribution in [2.45, 2.75) is 19.8 Å². The minimum absolute atomic E-state index is 0.0798. The molecule has 0 aliphatic heterocycles. The maximum Gasteiger partial charge on any atom is 0.226 e. The number of ether oxygens (including phenoxy) is 2. The summed E-state index contributed by atoms with van der Waals surface area (Å²) in [5, 5.41) is 5.32. The maximum atomic E-state index is 12.1. The zero-order valence-electron chi connectivity index (χ0n) is 15.1. The number of benzene rings is 1. The van der Waals surface area contributed by atoms with Crippen LogP contribution in [-0.4, -0.2) is 29.1 Å². The van der Waals surface area contributed by atoms with Crippen LogP contribution in [-0.2, 0) is 4.79 Å². The first-order valence-corrected chi connectivity index (χ1v) is 9.64. The van der Waals surface area contributed by atoms with Crippen molar-refractivity contribution in [1.82, 2.24) is 9.97 Å². The highest BCUT2D eigenvalue weighted by Gasteiger charge is 2.09. The van der Waals surface area contributed by atoms with Gasteiger partial charge in [-0.15, -0.1) is 11.3 Å². The summed E-state index contributed by atoms with van der Waals surface area (Å²) < 4.78 is 11.2. The van der Waals surface area contributed by atoms with Gasteiger partial charge >= 0.3 is 0 Å². The van der Waals surface area contributed by atoms with Crippen molar-refractivity contribution >= 4 is 22.4 Å². The quantitative estimate of drug-likeness (QED) is 0.554. The Morgan fingerprint density at radius 1 is 1.15 bits per heavy atom. The number of carbonyl (C=O) groups excluding carboxylic acids is 1. The van der Waals surface area contributed by atoms with Crippen LogP contribution < -0.4 is 14.8 Å². The lowest BCUT2D eigenvalue weighted by Crippen LogP contribution is -2.12. The van der Waals surface area contributed by atoms with Crippen molar-refractivity contribution in [1.29, 1.82) is 0 Å². The average molecular weight is 383 g/mol. The highest BCUT2D eigenvalue weighted by molar-refractivity contribution is 7.14. The largest absolute Gasteiger partial charge is 0.490 e. The Kier molecular flexibility index (Phi) is 6.76. The second-order valence-electron chi connectivity index (χ2n) is 5.66. The number of thiazole rings is 1. The van der Waals surface area contributed by atoms with E-state index in [0.717, 1.165) is 17.0 Å². The number of hydrogen-bond donors (Lipinski definition) is 1. The molecule has 0 aliphatic rings. The highest BCUT2D eigenvalue weighted by atomic mass is 32.1. The van der Waals surface area contributed by atoms with E-state index >= 15 is 0 Å². The van der Waals surface area contributed by atoms with Crippen molar-refractivity contribution < 1.29 is 14.3 Å². The number of nitrogens with one attached hydrogen (secondary N) is 1. The second kappa shape index (κ2) is 9.68. The van der Waals surface area contributed by atoms with Gasteiger partial charge in [0.2, 0.25) is 5.91 Å². The smallest absolute Gasteiger partial charge is 0.226 e. The minimum atomic E-state index is -0.0798. The number of anilines is 1. The molecule has 140 valence electrons. The molecule has 2 aromatic heterocycles. The lowest BCUT2D eigenvalue weighted by molar-refractivity contribution is -0.116. The molecule has 3 rings (SSSR count). The molecule has 0 spiro atoms. The molecule has 1 amide bonds. The normalized spacial score (nSPS) is 10.4. The van der Waals surface area contributed by atoms with E-state index in [1.807, 2.05) is 48.7 Å². The van der Waals surface area contributed by atoms with Crippen molar-refractivity contribution in [3.8, 4) is 22.8 Å². The van der Waals surface area contributed by atoms with Gasteiger partial charge in [-0.2, -0.15) is 0 Å². The molecule has 6 nitrogen and oxygen atoms in total. The molecule has 27 heavy (non-hydrogen) atoms. The number of hydrogen-bond acceptors (Lipinski definition) is 6. The summed E-state index contributed by atoms with van der Waals surface area (Å²) in [5.41, 5.74) is 1.73. The van der Waals surface area contributed by atoms with Crippen molar-refractivity contribution in [3.05, 3.63) is 54.2 Å². The molecular weight excluding hydrogens is 362 g/mol. The molecule has 0 bridgehead atoms. The molecule has 3 aromatic rings. The fourth-order valence-electron chi connectivity index (χ4n) is 2.42. The van der Waals surface area contributed by atoms with Gasteiger partial charge in [0.05, 0.1) is 18.9 Å². The molecule has 0 fully saturated rings. The topological polar surface area (TPSA) is 73.3 Å². The standard InChI is InChI=1S/C20H21N3O3S/c1-2-25-17-8-3-4-9-18(17)26-12-6-10-19(24)23-20-22-16(14-27-20)15-7-5-11-21-13-15/h3-5,7-9,11,13-14H,2,6,10,12H2,1H3,(H,22,23,24). The van der Waals surface area contributed by atoms with Gasteiger partial charge in [-0.3, -0.25) is 9.78 Å². The number of amides is 1. The van der Waals surface area contributed by atoms with Crippen LogP contribution in [0.15, 0.2) is 54.2 Å². The first kappa shape index (κ1) is 18.8. The van der Waals surface area contributed by atoms with Crippen LogP contribution >= 0.6 is 11.3 Å². The monoisotopic (exact) mass is 383 g/mol. The molecule has 0 aliphatic carbocycles. The lowest BCUT2D eigenvalue weighted by atomic mass is 10.2. The molecule has 0 unspecified atom stereocenters. The summed E-state index contributed by atoms with van der Waals surface area (Å²) in [7, 11) is 0. The van der Waals surface area contributed by atoms with Gasteiger partial charge in [-0.1, -0.05) is 12.1 Å². The second-order valence-corrected chi connectivity index (χ2v) is 6.52. The van der Waals surface area contributed by atoms with Gasteiger partial charge < -0.3 is 14.8 Å². The van der Waals surface area contributed by atoms with E-state index in [-0.39, 0.29) is 5.91 Å². The number of nitrogens with zero attached hydrogens (tertiary/aromatic N) is 2. The zero-order chi connectivity index (χ0) is 18.9. The number of para-hydroxylation sites is 2. The molecule has 7 heteroatoms. The van der Waals surface area contributed by atoms with Crippen molar-refractivity contribution in [3.63, 3.8) is 0 Å². The maximum absolute atomic E-state index is 12.1. The van der Waals surface area contributed by atoms with Gasteiger partial charge in [0, 0.05) is 29.8 Å². The summed E-state index contributed by atoms with van der Waals surface area (Å²) in [6.45, 7) is 2.95. The first-order valence-electron chi connectivity index (χ1n) is 8.76. The van der Waals surface area contributed by atoms with Crippen LogP contribution in [0.5, 0.6) is 11.5 Å². The Balaban J connectivity index is 1.44. The van der Waals surface area contributed by atoms with Gasteiger partial charge in [-0.25, -0.2) is 4.98 Å². The van der Waals surface area contributed by atoms with E-state index in [4.69, 9.17) is 9.47 Å². The Morgan fingerprint density at radius 2 is 1.96 bits per heavy atom. The third-order valence-electron chi connectivity index (χ3n) is 3.66. The highest BCUT2D eigenvalue weighted by Crippen LogP contribution is 2.27. The molecule has 2 heterocycles. The number of carbonyl (C=O) groups is 1. The Bertz CT molecular complexity index is 868. The third kappa shape index (κ3) is 5.52. The van der Waals surface area contributed by atoms with Gasteiger partial charge in [0.15, 0.2) is 16.6 Å². The van der Waals surface area contributed by atoms with Gasteiger partial charge in [0.25, 0.3) is 0 Å².